The first-order chi connectivity index (χ1) is 13.9. The Balaban J connectivity index is 1.81. The zero-order valence-electron chi connectivity index (χ0n) is 17.0. The quantitative estimate of drug-likeness (QED) is 0.296. The van der Waals surface area contributed by atoms with Crippen LogP contribution in [-0.4, -0.2) is 36.3 Å². The van der Waals surface area contributed by atoms with Gasteiger partial charge in [0, 0.05) is 19.1 Å². The first-order valence-electron chi connectivity index (χ1n) is 9.89. The predicted octanol–water partition coefficient (Wildman–Crippen LogP) is 3.09. The largest absolute Gasteiger partial charge is 0.361 e. The van der Waals surface area contributed by atoms with Crippen LogP contribution in [0.3, 0.4) is 0 Å². The fourth-order valence-corrected chi connectivity index (χ4v) is 4.06. The molecule has 7 nitrogen and oxygen atoms in total. The highest BCUT2D eigenvalue weighted by Crippen LogP contribution is 2.45. The monoisotopic (exact) mass is 399 g/mol. The summed E-state index contributed by atoms with van der Waals surface area (Å²) in [6, 6.07) is 8.41. The highest BCUT2D eigenvalue weighted by Gasteiger charge is 2.47. The van der Waals surface area contributed by atoms with Gasteiger partial charge in [-0.15, -0.1) is 0 Å². The van der Waals surface area contributed by atoms with E-state index in [1.165, 1.54) is 17.3 Å². The van der Waals surface area contributed by atoms with Crippen molar-refractivity contribution in [2.75, 3.05) is 13.2 Å². The highest BCUT2D eigenvalue weighted by molar-refractivity contribution is 6.11. The summed E-state index contributed by atoms with van der Waals surface area (Å²) in [5.41, 5.74) is 3.86. The SMILES string of the molecule is C=C(/N=C\C(=C/C)C(=O)NO)NC1(c2cccc(C)c2)CCC2(CC1)OCCO2. The van der Waals surface area contributed by atoms with E-state index in [2.05, 4.69) is 48.1 Å². The number of hydrogen-bond donors (Lipinski definition) is 3. The van der Waals surface area contributed by atoms with E-state index in [4.69, 9.17) is 14.7 Å². The Hall–Kier alpha value is -2.48. The Kier molecular flexibility index (Phi) is 6.52. The summed E-state index contributed by atoms with van der Waals surface area (Å²) in [6.45, 7) is 9.08. The molecule has 0 atom stereocenters. The van der Waals surface area contributed by atoms with Gasteiger partial charge in [0.1, 0.15) is 5.82 Å². The van der Waals surface area contributed by atoms with Crippen LogP contribution in [0.25, 0.3) is 0 Å². The van der Waals surface area contributed by atoms with Gasteiger partial charge in [-0.3, -0.25) is 10.0 Å². The Bertz CT molecular complexity index is 815. The molecule has 1 aliphatic carbocycles. The second kappa shape index (κ2) is 8.90. The van der Waals surface area contributed by atoms with Crippen LogP contribution in [0.4, 0.5) is 0 Å². The molecule has 0 radical (unpaired) electrons. The Morgan fingerprint density at radius 2 is 1.93 bits per heavy atom. The molecule has 29 heavy (non-hydrogen) atoms. The van der Waals surface area contributed by atoms with Crippen molar-refractivity contribution in [3.05, 3.63) is 59.4 Å². The molecule has 2 aliphatic rings. The number of hydrogen-bond acceptors (Lipinski definition) is 6. The van der Waals surface area contributed by atoms with E-state index in [1.807, 2.05) is 0 Å². The minimum absolute atomic E-state index is 0.246. The average Bonchev–Trinajstić information content (AvgIpc) is 3.18. The summed E-state index contributed by atoms with van der Waals surface area (Å²) in [5.74, 6) is -0.648. The highest BCUT2D eigenvalue weighted by atomic mass is 16.7. The number of aliphatic imine (C=N–C) groups is 1. The topological polar surface area (TPSA) is 92.2 Å². The Morgan fingerprint density at radius 1 is 1.24 bits per heavy atom. The second-order valence-electron chi connectivity index (χ2n) is 7.57. The second-order valence-corrected chi connectivity index (χ2v) is 7.57. The molecular weight excluding hydrogens is 370 g/mol. The van der Waals surface area contributed by atoms with E-state index in [0.29, 0.717) is 19.0 Å². The third-order valence-corrected chi connectivity index (χ3v) is 5.67. The molecule has 1 saturated heterocycles. The number of amides is 1. The zero-order valence-corrected chi connectivity index (χ0v) is 17.0. The molecule has 1 heterocycles. The summed E-state index contributed by atoms with van der Waals surface area (Å²) in [7, 11) is 0. The molecule has 1 aliphatic heterocycles. The van der Waals surface area contributed by atoms with E-state index in [1.54, 1.807) is 18.5 Å². The van der Waals surface area contributed by atoms with Crippen LogP contribution in [0.1, 0.15) is 43.7 Å². The molecule has 1 saturated carbocycles. The Labute approximate surface area is 171 Å². The first-order valence-corrected chi connectivity index (χ1v) is 9.89. The summed E-state index contributed by atoms with van der Waals surface area (Å²) in [6.07, 6.45) is 6.11. The number of carbonyl (C=O) groups excluding carboxylic acids is 1. The summed E-state index contributed by atoms with van der Waals surface area (Å²) in [5, 5.41) is 12.3. The standard InChI is InChI=1S/C22H29N3O4/c1-4-18(20(26)25-27)15-23-17(3)24-21(19-7-5-6-16(2)14-19)8-10-22(11-9-21)28-12-13-29-22/h4-7,14-15,24,27H,3,8-13H2,1-2H3,(H,25,26)/b18-4+,23-15-. The van der Waals surface area contributed by atoms with E-state index in [0.717, 1.165) is 25.7 Å². The number of aryl methyl sites for hydroxylation is 1. The van der Waals surface area contributed by atoms with E-state index in [9.17, 15) is 4.79 Å². The van der Waals surface area contributed by atoms with Crippen LogP contribution in [0.15, 0.2) is 53.3 Å². The maximum Gasteiger partial charge on any atom is 0.275 e. The summed E-state index contributed by atoms with van der Waals surface area (Å²) < 4.78 is 11.8. The number of carbonyl (C=O) groups is 1. The molecule has 1 amide bonds. The molecule has 156 valence electrons. The van der Waals surface area contributed by atoms with E-state index < -0.39 is 11.7 Å². The van der Waals surface area contributed by atoms with Crippen molar-refractivity contribution in [2.24, 2.45) is 4.99 Å². The summed E-state index contributed by atoms with van der Waals surface area (Å²) >= 11 is 0. The number of ether oxygens (including phenoxy) is 2. The fourth-order valence-electron chi connectivity index (χ4n) is 4.06. The minimum atomic E-state index is -0.618. The molecule has 1 aromatic rings. The van der Waals surface area contributed by atoms with Gasteiger partial charge >= 0.3 is 0 Å². The molecule has 1 aromatic carbocycles. The lowest BCUT2D eigenvalue weighted by Gasteiger charge is -2.45. The van der Waals surface area contributed by atoms with Crippen LogP contribution in [-0.2, 0) is 19.8 Å². The number of benzene rings is 1. The van der Waals surface area contributed by atoms with Crippen molar-refractivity contribution >= 4 is 12.1 Å². The molecule has 3 rings (SSSR count). The van der Waals surface area contributed by atoms with E-state index >= 15 is 0 Å². The van der Waals surface area contributed by atoms with Crippen molar-refractivity contribution in [1.29, 1.82) is 0 Å². The van der Waals surface area contributed by atoms with Gasteiger partial charge in [0.2, 0.25) is 0 Å². The maximum absolute atomic E-state index is 11.6. The van der Waals surface area contributed by atoms with Crippen LogP contribution >= 0.6 is 0 Å². The van der Waals surface area contributed by atoms with Gasteiger partial charge in [0.25, 0.3) is 5.91 Å². The smallest absolute Gasteiger partial charge is 0.275 e. The van der Waals surface area contributed by atoms with Gasteiger partial charge in [-0.05, 0) is 32.3 Å². The predicted molar refractivity (Wildman–Crippen MR) is 110 cm³/mol. The number of nitrogens with zero attached hydrogens (tertiary/aromatic N) is 1. The van der Waals surface area contributed by atoms with Gasteiger partial charge in [-0.2, -0.15) is 0 Å². The first kappa shape index (κ1) is 21.2. The van der Waals surface area contributed by atoms with Gasteiger partial charge in [-0.1, -0.05) is 42.5 Å². The number of rotatable bonds is 6. The average molecular weight is 399 g/mol. The third-order valence-electron chi connectivity index (χ3n) is 5.67. The van der Waals surface area contributed by atoms with Crippen molar-refractivity contribution in [3.63, 3.8) is 0 Å². The van der Waals surface area contributed by atoms with Crippen molar-refractivity contribution < 1.29 is 19.5 Å². The summed E-state index contributed by atoms with van der Waals surface area (Å²) in [4.78, 5) is 15.9. The van der Waals surface area contributed by atoms with Crippen LogP contribution in [0, 0.1) is 6.92 Å². The molecule has 0 bridgehead atoms. The van der Waals surface area contributed by atoms with E-state index in [-0.39, 0.29) is 11.1 Å². The lowest BCUT2D eigenvalue weighted by Crippen LogP contribution is -2.49. The number of allylic oxidation sites excluding steroid dienone is 1. The molecule has 3 N–H and O–H groups in total. The van der Waals surface area contributed by atoms with Gasteiger partial charge in [-0.25, -0.2) is 10.5 Å². The molecule has 0 aromatic heterocycles. The number of hydroxylamine groups is 1. The van der Waals surface area contributed by atoms with Gasteiger partial charge in [0.05, 0.1) is 24.3 Å². The normalized spacial score (nSPS) is 20.7. The molecule has 1 spiro atoms. The third kappa shape index (κ3) is 4.75. The van der Waals surface area contributed by atoms with Gasteiger partial charge < -0.3 is 14.8 Å². The van der Waals surface area contributed by atoms with Crippen molar-refractivity contribution in [1.82, 2.24) is 10.8 Å². The Morgan fingerprint density at radius 3 is 2.52 bits per heavy atom. The number of nitrogens with one attached hydrogen (secondary N) is 2. The van der Waals surface area contributed by atoms with Crippen molar-refractivity contribution in [3.8, 4) is 0 Å². The molecular formula is C22H29N3O4. The molecule has 2 fully saturated rings. The van der Waals surface area contributed by atoms with Crippen LogP contribution in [0.2, 0.25) is 0 Å². The minimum Gasteiger partial charge on any atom is -0.361 e. The van der Waals surface area contributed by atoms with Gasteiger partial charge in [0.15, 0.2) is 5.79 Å². The molecule has 0 unspecified atom stereocenters. The fraction of sp³-hybridized carbons (Fsp3) is 0.455. The molecule has 7 heteroatoms. The maximum atomic E-state index is 11.6. The van der Waals surface area contributed by atoms with Crippen molar-refractivity contribution in [2.45, 2.75) is 50.9 Å². The van der Waals surface area contributed by atoms with Crippen LogP contribution in [0.5, 0.6) is 0 Å². The van der Waals surface area contributed by atoms with Crippen LogP contribution < -0.4 is 10.8 Å². The zero-order chi connectivity index (χ0) is 20.9. The lowest BCUT2D eigenvalue weighted by molar-refractivity contribution is -0.186. The lowest BCUT2D eigenvalue weighted by atomic mass is 9.74.